The number of rotatable bonds is 4. The van der Waals surface area contributed by atoms with E-state index in [4.69, 9.17) is 0 Å². The van der Waals surface area contributed by atoms with Crippen molar-refractivity contribution < 1.29 is 4.79 Å². The van der Waals surface area contributed by atoms with Crippen LogP contribution >= 0.6 is 0 Å². The van der Waals surface area contributed by atoms with Crippen LogP contribution in [0.4, 0.5) is 0 Å². The highest BCUT2D eigenvalue weighted by atomic mass is 16.1. The van der Waals surface area contributed by atoms with Gasteiger partial charge in [0.2, 0.25) is 5.91 Å². The summed E-state index contributed by atoms with van der Waals surface area (Å²) >= 11 is 0. The maximum absolute atomic E-state index is 11.4. The first-order chi connectivity index (χ1) is 9.79. The zero-order chi connectivity index (χ0) is 13.9. The van der Waals surface area contributed by atoms with Gasteiger partial charge in [0.05, 0.1) is 0 Å². The van der Waals surface area contributed by atoms with Gasteiger partial charge < -0.3 is 10.6 Å². The standard InChI is InChI=1S/C16H29N3O/c1-17-15(20)8-2-7-14-13-6-4-10-19-9-3-5-12(11-18-14)16(13)19/h12-14,16,18H,2-11H2,1H3,(H,17,20). The van der Waals surface area contributed by atoms with Crippen LogP contribution in [0.5, 0.6) is 0 Å². The molecule has 3 aliphatic heterocycles. The lowest BCUT2D eigenvalue weighted by atomic mass is 9.70. The number of hydrogen-bond donors (Lipinski definition) is 2. The molecule has 0 aliphatic carbocycles. The van der Waals surface area contributed by atoms with E-state index < -0.39 is 0 Å². The van der Waals surface area contributed by atoms with Gasteiger partial charge in [-0.15, -0.1) is 0 Å². The van der Waals surface area contributed by atoms with Crippen LogP contribution in [0.25, 0.3) is 0 Å². The molecular weight excluding hydrogens is 250 g/mol. The Labute approximate surface area is 122 Å². The molecule has 0 radical (unpaired) electrons. The van der Waals surface area contributed by atoms with Gasteiger partial charge in [0.15, 0.2) is 0 Å². The van der Waals surface area contributed by atoms with Gasteiger partial charge in [-0.2, -0.15) is 0 Å². The largest absolute Gasteiger partial charge is 0.359 e. The van der Waals surface area contributed by atoms with Crippen molar-refractivity contribution in [3.8, 4) is 0 Å². The molecule has 4 unspecified atom stereocenters. The highest BCUT2D eigenvalue weighted by Crippen LogP contribution is 2.39. The molecule has 1 amide bonds. The molecule has 3 fully saturated rings. The van der Waals surface area contributed by atoms with E-state index in [0.29, 0.717) is 12.5 Å². The smallest absolute Gasteiger partial charge is 0.219 e. The van der Waals surface area contributed by atoms with Crippen molar-refractivity contribution in [1.82, 2.24) is 15.5 Å². The van der Waals surface area contributed by atoms with Gasteiger partial charge in [-0.05, 0) is 70.0 Å². The van der Waals surface area contributed by atoms with Crippen molar-refractivity contribution in [2.24, 2.45) is 11.8 Å². The topological polar surface area (TPSA) is 44.4 Å². The Bertz CT molecular complexity index is 338. The van der Waals surface area contributed by atoms with Crippen LogP contribution in [0, 0.1) is 11.8 Å². The fourth-order valence-electron chi connectivity index (χ4n) is 4.80. The van der Waals surface area contributed by atoms with Crippen LogP contribution in [0.15, 0.2) is 0 Å². The summed E-state index contributed by atoms with van der Waals surface area (Å²) in [5.41, 5.74) is 0. The third kappa shape index (κ3) is 2.86. The predicted molar refractivity (Wildman–Crippen MR) is 80.5 cm³/mol. The maximum Gasteiger partial charge on any atom is 0.219 e. The summed E-state index contributed by atoms with van der Waals surface area (Å²) in [5.74, 6) is 1.89. The molecule has 20 heavy (non-hydrogen) atoms. The van der Waals surface area contributed by atoms with E-state index >= 15 is 0 Å². The molecule has 0 spiro atoms. The molecule has 4 atom stereocenters. The molecule has 0 bridgehead atoms. The fourth-order valence-corrected chi connectivity index (χ4v) is 4.80. The van der Waals surface area contributed by atoms with E-state index in [1.165, 1.54) is 45.3 Å². The Hall–Kier alpha value is -0.610. The van der Waals surface area contributed by atoms with Crippen LogP contribution in [0.1, 0.15) is 44.9 Å². The molecule has 0 saturated carbocycles. The summed E-state index contributed by atoms with van der Waals surface area (Å²) in [6.45, 7) is 3.84. The quantitative estimate of drug-likeness (QED) is 0.817. The number of hydrogen-bond acceptors (Lipinski definition) is 3. The molecule has 0 aromatic rings. The van der Waals surface area contributed by atoms with Crippen LogP contribution in [-0.4, -0.2) is 49.6 Å². The first-order valence-corrected chi connectivity index (χ1v) is 8.47. The number of piperidine rings is 3. The third-order valence-electron chi connectivity index (χ3n) is 5.70. The highest BCUT2D eigenvalue weighted by Gasteiger charge is 2.45. The average Bonchev–Trinajstić information content (AvgIpc) is 2.50. The van der Waals surface area contributed by atoms with Crippen LogP contribution in [-0.2, 0) is 4.79 Å². The molecule has 0 aromatic heterocycles. The van der Waals surface area contributed by atoms with E-state index in [9.17, 15) is 4.79 Å². The lowest BCUT2D eigenvalue weighted by Gasteiger charge is -2.54. The second-order valence-electron chi connectivity index (χ2n) is 6.82. The van der Waals surface area contributed by atoms with Gasteiger partial charge >= 0.3 is 0 Å². The number of nitrogens with one attached hydrogen (secondary N) is 2. The molecule has 3 aliphatic rings. The van der Waals surface area contributed by atoms with Gasteiger partial charge in [-0.25, -0.2) is 0 Å². The summed E-state index contributed by atoms with van der Waals surface area (Å²) in [6.07, 6.45) is 8.41. The minimum Gasteiger partial charge on any atom is -0.359 e. The second-order valence-corrected chi connectivity index (χ2v) is 6.82. The second kappa shape index (κ2) is 6.44. The normalized spacial score (nSPS) is 37.2. The monoisotopic (exact) mass is 279 g/mol. The molecule has 4 nitrogen and oxygen atoms in total. The minimum absolute atomic E-state index is 0.182. The molecular formula is C16H29N3O. The van der Waals surface area contributed by atoms with Crippen molar-refractivity contribution in [3.63, 3.8) is 0 Å². The Balaban J connectivity index is 1.58. The summed E-state index contributed by atoms with van der Waals surface area (Å²) in [6, 6.07) is 1.48. The summed E-state index contributed by atoms with van der Waals surface area (Å²) < 4.78 is 0. The number of amides is 1. The first kappa shape index (κ1) is 14.3. The fraction of sp³-hybridized carbons (Fsp3) is 0.938. The number of nitrogens with zero attached hydrogens (tertiary/aromatic N) is 1. The Morgan fingerprint density at radius 3 is 2.90 bits per heavy atom. The lowest BCUT2D eigenvalue weighted by Crippen LogP contribution is -2.63. The molecule has 3 saturated heterocycles. The Morgan fingerprint density at radius 2 is 2.10 bits per heavy atom. The summed E-state index contributed by atoms with van der Waals surface area (Å²) in [7, 11) is 1.73. The van der Waals surface area contributed by atoms with Gasteiger partial charge in [0, 0.05) is 25.6 Å². The number of carbonyl (C=O) groups excluding carboxylic acids is 1. The van der Waals surface area contributed by atoms with Crippen LogP contribution in [0.3, 0.4) is 0 Å². The van der Waals surface area contributed by atoms with E-state index in [2.05, 4.69) is 15.5 Å². The Kier molecular flexibility index (Phi) is 4.61. The zero-order valence-corrected chi connectivity index (χ0v) is 12.7. The van der Waals surface area contributed by atoms with Crippen molar-refractivity contribution in [1.29, 1.82) is 0 Å². The van der Waals surface area contributed by atoms with Gasteiger partial charge in [0.25, 0.3) is 0 Å². The van der Waals surface area contributed by atoms with Crippen LogP contribution in [0.2, 0.25) is 0 Å². The molecule has 2 N–H and O–H groups in total. The first-order valence-electron chi connectivity index (χ1n) is 8.47. The van der Waals surface area contributed by atoms with Crippen molar-refractivity contribution in [3.05, 3.63) is 0 Å². The SMILES string of the molecule is CNC(=O)CCCC1NCC2CCCN3CCCC1C23. The highest BCUT2D eigenvalue weighted by molar-refractivity contribution is 5.75. The predicted octanol–water partition coefficient (Wildman–Crippen LogP) is 1.37. The van der Waals surface area contributed by atoms with Crippen molar-refractivity contribution in [2.45, 2.75) is 57.0 Å². The molecule has 3 rings (SSSR count). The van der Waals surface area contributed by atoms with E-state index in [1.807, 2.05) is 0 Å². The van der Waals surface area contributed by atoms with E-state index in [-0.39, 0.29) is 5.91 Å². The van der Waals surface area contributed by atoms with E-state index in [1.54, 1.807) is 7.05 Å². The Morgan fingerprint density at radius 1 is 1.30 bits per heavy atom. The van der Waals surface area contributed by atoms with Crippen molar-refractivity contribution in [2.75, 3.05) is 26.7 Å². The third-order valence-corrected chi connectivity index (χ3v) is 5.70. The molecule has 4 heteroatoms. The average molecular weight is 279 g/mol. The zero-order valence-electron chi connectivity index (χ0n) is 12.7. The van der Waals surface area contributed by atoms with E-state index in [0.717, 1.165) is 30.7 Å². The van der Waals surface area contributed by atoms with Gasteiger partial charge in [0.1, 0.15) is 0 Å². The van der Waals surface area contributed by atoms with Gasteiger partial charge in [-0.3, -0.25) is 9.69 Å². The van der Waals surface area contributed by atoms with Crippen LogP contribution < -0.4 is 10.6 Å². The molecule has 3 heterocycles. The minimum atomic E-state index is 0.182. The van der Waals surface area contributed by atoms with Gasteiger partial charge in [-0.1, -0.05) is 0 Å². The summed E-state index contributed by atoms with van der Waals surface area (Å²) in [5, 5.41) is 6.53. The lowest BCUT2D eigenvalue weighted by molar-refractivity contribution is -0.120. The molecule has 114 valence electrons. The summed E-state index contributed by atoms with van der Waals surface area (Å²) in [4.78, 5) is 14.1. The van der Waals surface area contributed by atoms with Crippen molar-refractivity contribution >= 4 is 5.91 Å². The number of carbonyl (C=O) groups is 1. The maximum atomic E-state index is 11.4. The molecule has 0 aromatic carbocycles.